The van der Waals surface area contributed by atoms with Crippen molar-refractivity contribution in [3.05, 3.63) is 22.3 Å². The van der Waals surface area contributed by atoms with Gasteiger partial charge in [-0.2, -0.15) is 0 Å². The fraction of sp³-hybridized carbons (Fsp3) is 0.706. The van der Waals surface area contributed by atoms with E-state index in [1.54, 1.807) is 0 Å². The summed E-state index contributed by atoms with van der Waals surface area (Å²) in [6, 6.07) is 2.91. The lowest BCUT2D eigenvalue weighted by Crippen LogP contribution is -2.32. The first-order valence-corrected chi connectivity index (χ1v) is 8.88. The van der Waals surface area contributed by atoms with Crippen LogP contribution in [0.3, 0.4) is 0 Å². The Hall–Kier alpha value is -0.610. The molecule has 0 amide bonds. The molecule has 0 spiro atoms. The lowest BCUT2D eigenvalue weighted by Gasteiger charge is -2.28. The molecule has 0 saturated heterocycles. The zero-order valence-corrected chi connectivity index (χ0v) is 15.3. The number of nitrogens with one attached hydrogen (secondary N) is 1. The van der Waals surface area contributed by atoms with Crippen LogP contribution in [0.1, 0.15) is 46.1 Å². The maximum absolute atomic E-state index is 4.73. The average Bonchev–Trinajstić information content (AvgIpc) is 3.20. The lowest BCUT2D eigenvalue weighted by molar-refractivity contribution is 0.549. The molecule has 1 aromatic rings. The summed E-state index contributed by atoms with van der Waals surface area (Å²) in [6.45, 7) is 12.1. The smallest absolute Gasteiger partial charge is 0.133 e. The average molecular weight is 354 g/mol. The first-order valence-electron chi connectivity index (χ1n) is 8.09. The SMILES string of the molecule is CC(C)CNCc1cc(Br)cnc1N(CC(C)C)C1CC1. The minimum absolute atomic E-state index is 0.660. The molecule has 0 radical (unpaired) electrons. The molecule has 4 heteroatoms. The summed E-state index contributed by atoms with van der Waals surface area (Å²) in [5.74, 6) is 2.50. The third kappa shape index (κ3) is 5.26. The van der Waals surface area contributed by atoms with E-state index in [1.165, 1.54) is 24.2 Å². The molecule has 118 valence electrons. The van der Waals surface area contributed by atoms with Gasteiger partial charge < -0.3 is 10.2 Å². The first-order chi connectivity index (χ1) is 9.97. The number of halogens is 1. The maximum Gasteiger partial charge on any atom is 0.133 e. The molecule has 0 unspecified atom stereocenters. The zero-order valence-electron chi connectivity index (χ0n) is 13.7. The lowest BCUT2D eigenvalue weighted by atomic mass is 10.1. The zero-order chi connectivity index (χ0) is 15.4. The molecule has 1 aliphatic rings. The van der Waals surface area contributed by atoms with Crippen molar-refractivity contribution in [3.63, 3.8) is 0 Å². The fourth-order valence-electron chi connectivity index (χ4n) is 2.55. The molecule has 1 aromatic heterocycles. The van der Waals surface area contributed by atoms with Crippen molar-refractivity contribution in [1.29, 1.82) is 0 Å². The van der Waals surface area contributed by atoms with Gasteiger partial charge in [-0.25, -0.2) is 4.98 Å². The topological polar surface area (TPSA) is 28.2 Å². The maximum atomic E-state index is 4.73. The number of pyridine rings is 1. The summed E-state index contributed by atoms with van der Waals surface area (Å²) in [5.41, 5.74) is 1.30. The van der Waals surface area contributed by atoms with Gasteiger partial charge in [-0.1, -0.05) is 27.7 Å². The molecular formula is C17H28BrN3. The summed E-state index contributed by atoms with van der Waals surface area (Å²) in [7, 11) is 0. The van der Waals surface area contributed by atoms with Crippen LogP contribution in [0.4, 0.5) is 5.82 Å². The Kier molecular flexibility index (Phi) is 6.06. The van der Waals surface area contributed by atoms with Crippen LogP contribution in [0, 0.1) is 11.8 Å². The number of aromatic nitrogens is 1. The van der Waals surface area contributed by atoms with Crippen LogP contribution in [0.15, 0.2) is 16.7 Å². The van der Waals surface area contributed by atoms with E-state index in [4.69, 9.17) is 4.98 Å². The minimum Gasteiger partial charge on any atom is -0.353 e. The van der Waals surface area contributed by atoms with Crippen LogP contribution in [0.2, 0.25) is 0 Å². The number of nitrogens with zero attached hydrogens (tertiary/aromatic N) is 2. The van der Waals surface area contributed by atoms with Crippen LogP contribution < -0.4 is 10.2 Å². The van der Waals surface area contributed by atoms with Gasteiger partial charge in [0.2, 0.25) is 0 Å². The van der Waals surface area contributed by atoms with Crippen molar-refractivity contribution in [1.82, 2.24) is 10.3 Å². The second-order valence-electron chi connectivity index (χ2n) is 6.94. The third-order valence-electron chi connectivity index (χ3n) is 3.60. The predicted molar refractivity (Wildman–Crippen MR) is 93.7 cm³/mol. The number of hydrogen-bond acceptors (Lipinski definition) is 3. The normalized spacial score (nSPS) is 15.0. The summed E-state index contributed by atoms with van der Waals surface area (Å²) in [5, 5.41) is 3.55. The molecule has 0 atom stereocenters. The molecule has 21 heavy (non-hydrogen) atoms. The van der Waals surface area contributed by atoms with Crippen LogP contribution in [0.25, 0.3) is 0 Å². The van der Waals surface area contributed by atoms with Gasteiger partial charge >= 0.3 is 0 Å². The Morgan fingerprint density at radius 2 is 2.00 bits per heavy atom. The molecule has 1 heterocycles. The third-order valence-corrected chi connectivity index (χ3v) is 4.03. The van der Waals surface area contributed by atoms with E-state index in [2.05, 4.69) is 59.9 Å². The molecule has 1 aliphatic carbocycles. The van der Waals surface area contributed by atoms with Crippen LogP contribution >= 0.6 is 15.9 Å². The predicted octanol–water partition coefficient (Wildman–Crippen LogP) is 4.21. The molecule has 0 bridgehead atoms. The van der Waals surface area contributed by atoms with E-state index in [-0.39, 0.29) is 0 Å². The number of hydrogen-bond donors (Lipinski definition) is 1. The monoisotopic (exact) mass is 353 g/mol. The Labute approximate surface area is 137 Å². The second-order valence-corrected chi connectivity index (χ2v) is 7.85. The summed E-state index contributed by atoms with van der Waals surface area (Å²) in [6.07, 6.45) is 4.55. The molecule has 1 saturated carbocycles. The van der Waals surface area contributed by atoms with Crippen LogP contribution in [0.5, 0.6) is 0 Å². The van der Waals surface area contributed by atoms with E-state index in [1.807, 2.05) is 6.20 Å². The standard InChI is InChI=1S/C17H28BrN3/c1-12(2)8-19-9-14-7-15(18)10-20-17(14)21(11-13(3)4)16-5-6-16/h7,10,12-13,16,19H,5-6,8-9,11H2,1-4H3. The van der Waals surface area contributed by atoms with Gasteiger partial charge in [0.05, 0.1) is 0 Å². The molecule has 1 N–H and O–H groups in total. The van der Waals surface area contributed by atoms with Crippen LogP contribution in [-0.4, -0.2) is 24.1 Å². The Bertz CT molecular complexity index is 455. The highest BCUT2D eigenvalue weighted by atomic mass is 79.9. The van der Waals surface area contributed by atoms with Crippen molar-refractivity contribution in [2.75, 3.05) is 18.0 Å². The van der Waals surface area contributed by atoms with E-state index >= 15 is 0 Å². The highest BCUT2D eigenvalue weighted by Crippen LogP contribution is 2.33. The van der Waals surface area contributed by atoms with E-state index in [0.717, 1.165) is 24.1 Å². The molecular weight excluding hydrogens is 326 g/mol. The van der Waals surface area contributed by atoms with Crippen molar-refractivity contribution in [3.8, 4) is 0 Å². The Morgan fingerprint density at radius 3 is 2.57 bits per heavy atom. The first kappa shape index (κ1) is 16.8. The Balaban J connectivity index is 2.15. The molecule has 2 rings (SSSR count). The van der Waals surface area contributed by atoms with Gasteiger partial charge in [-0.05, 0) is 53.2 Å². The summed E-state index contributed by atoms with van der Waals surface area (Å²) < 4.78 is 1.06. The quantitative estimate of drug-likeness (QED) is 0.758. The number of rotatable bonds is 8. The highest BCUT2D eigenvalue weighted by molar-refractivity contribution is 9.10. The molecule has 0 aliphatic heterocycles. The van der Waals surface area contributed by atoms with Gasteiger partial charge in [-0.3, -0.25) is 0 Å². The van der Waals surface area contributed by atoms with Crippen molar-refractivity contribution >= 4 is 21.7 Å². The fourth-order valence-corrected chi connectivity index (χ4v) is 2.92. The second kappa shape index (κ2) is 7.59. The molecule has 1 fully saturated rings. The van der Waals surface area contributed by atoms with E-state index in [9.17, 15) is 0 Å². The van der Waals surface area contributed by atoms with Crippen molar-refractivity contribution < 1.29 is 0 Å². The van der Waals surface area contributed by atoms with Crippen LogP contribution in [-0.2, 0) is 6.54 Å². The number of anilines is 1. The summed E-state index contributed by atoms with van der Waals surface area (Å²) >= 11 is 3.56. The van der Waals surface area contributed by atoms with E-state index < -0.39 is 0 Å². The summed E-state index contributed by atoms with van der Waals surface area (Å²) in [4.78, 5) is 7.25. The Morgan fingerprint density at radius 1 is 1.29 bits per heavy atom. The van der Waals surface area contributed by atoms with Gasteiger partial charge in [0.15, 0.2) is 0 Å². The van der Waals surface area contributed by atoms with Crippen molar-refractivity contribution in [2.45, 2.75) is 53.1 Å². The molecule has 3 nitrogen and oxygen atoms in total. The highest BCUT2D eigenvalue weighted by Gasteiger charge is 2.31. The minimum atomic E-state index is 0.660. The van der Waals surface area contributed by atoms with E-state index in [0.29, 0.717) is 17.9 Å². The van der Waals surface area contributed by atoms with Gasteiger partial charge in [0, 0.05) is 35.4 Å². The van der Waals surface area contributed by atoms with Gasteiger partial charge in [0.1, 0.15) is 5.82 Å². The van der Waals surface area contributed by atoms with Crippen molar-refractivity contribution in [2.24, 2.45) is 11.8 Å². The largest absolute Gasteiger partial charge is 0.353 e. The van der Waals surface area contributed by atoms with Gasteiger partial charge in [0.25, 0.3) is 0 Å². The van der Waals surface area contributed by atoms with Gasteiger partial charge in [-0.15, -0.1) is 0 Å². The molecule has 0 aromatic carbocycles.